The second-order valence-corrected chi connectivity index (χ2v) is 3.83. The van der Waals surface area contributed by atoms with E-state index in [0.29, 0.717) is 0 Å². The maximum atomic E-state index is 13.4. The molecule has 6 nitrogen and oxygen atoms in total. The van der Waals surface area contributed by atoms with Crippen LogP contribution in [0.3, 0.4) is 0 Å². The summed E-state index contributed by atoms with van der Waals surface area (Å²) in [5.41, 5.74) is -1.09. The summed E-state index contributed by atoms with van der Waals surface area (Å²) in [6.07, 6.45) is 1.75. The highest BCUT2D eigenvalue weighted by atomic mass is 19.1. The number of nitrogens with one attached hydrogen (secondary N) is 1. The fraction of sp³-hybridized carbons (Fsp3) is 0.300. The third kappa shape index (κ3) is 2.32. The zero-order valence-corrected chi connectivity index (χ0v) is 8.64. The van der Waals surface area contributed by atoms with E-state index in [0.717, 1.165) is 25.0 Å². The number of anilines is 1. The fourth-order valence-corrected chi connectivity index (χ4v) is 1.44. The molecule has 0 aromatic heterocycles. The van der Waals surface area contributed by atoms with Gasteiger partial charge in [0, 0.05) is 18.2 Å². The van der Waals surface area contributed by atoms with Crippen LogP contribution < -0.4 is 5.32 Å². The van der Waals surface area contributed by atoms with Crippen molar-refractivity contribution < 1.29 is 19.2 Å². The van der Waals surface area contributed by atoms with E-state index in [1.54, 1.807) is 0 Å². The molecule has 0 spiro atoms. The number of hydrogen-bond donors (Lipinski definition) is 2. The van der Waals surface area contributed by atoms with Gasteiger partial charge in [-0.1, -0.05) is 0 Å². The Morgan fingerprint density at radius 3 is 2.65 bits per heavy atom. The number of aromatic carboxylic acids is 1. The first-order valence-corrected chi connectivity index (χ1v) is 4.97. The summed E-state index contributed by atoms with van der Waals surface area (Å²) in [6.45, 7) is 0. The molecule has 7 heteroatoms. The summed E-state index contributed by atoms with van der Waals surface area (Å²) in [5, 5.41) is 22.2. The van der Waals surface area contributed by atoms with Crippen molar-refractivity contribution in [1.29, 1.82) is 0 Å². The standard InChI is InChI=1S/C10H9FN2O4/c11-7-4-8(12-5-1-2-5)9(13(16)17)3-6(7)10(14)15/h3-5,12H,1-2H2,(H,14,15). The first-order chi connectivity index (χ1) is 7.99. The van der Waals surface area contributed by atoms with Gasteiger partial charge in [0.2, 0.25) is 0 Å². The Kier molecular flexibility index (Phi) is 2.66. The van der Waals surface area contributed by atoms with Crippen LogP contribution in [0.1, 0.15) is 23.2 Å². The minimum absolute atomic E-state index is 0.0278. The zero-order chi connectivity index (χ0) is 12.6. The number of halogens is 1. The Bertz CT molecular complexity index is 499. The van der Waals surface area contributed by atoms with Crippen LogP contribution in [0.5, 0.6) is 0 Å². The van der Waals surface area contributed by atoms with Crippen molar-refractivity contribution >= 4 is 17.3 Å². The number of hydrogen-bond acceptors (Lipinski definition) is 4. The molecule has 2 rings (SSSR count). The molecule has 0 saturated heterocycles. The number of nitrogens with zero attached hydrogens (tertiary/aromatic N) is 1. The lowest BCUT2D eigenvalue weighted by molar-refractivity contribution is -0.384. The van der Waals surface area contributed by atoms with Crippen molar-refractivity contribution in [2.75, 3.05) is 5.32 Å². The van der Waals surface area contributed by atoms with Crippen molar-refractivity contribution in [3.8, 4) is 0 Å². The number of carbonyl (C=O) groups is 1. The van der Waals surface area contributed by atoms with E-state index in [-0.39, 0.29) is 11.7 Å². The summed E-state index contributed by atoms with van der Waals surface area (Å²) >= 11 is 0. The van der Waals surface area contributed by atoms with Gasteiger partial charge in [0.05, 0.1) is 4.92 Å². The topological polar surface area (TPSA) is 92.5 Å². The van der Waals surface area contributed by atoms with Crippen LogP contribution >= 0.6 is 0 Å². The predicted octanol–water partition coefficient (Wildman–Crippen LogP) is 2.01. The molecular formula is C10H9FN2O4. The molecule has 0 bridgehead atoms. The van der Waals surface area contributed by atoms with E-state index in [1.165, 1.54) is 0 Å². The molecule has 1 aromatic carbocycles. The minimum Gasteiger partial charge on any atom is -0.478 e. The van der Waals surface area contributed by atoms with Crippen molar-refractivity contribution in [3.63, 3.8) is 0 Å². The van der Waals surface area contributed by atoms with Gasteiger partial charge in [-0.2, -0.15) is 0 Å². The van der Waals surface area contributed by atoms with Gasteiger partial charge in [0.15, 0.2) is 0 Å². The summed E-state index contributed by atoms with van der Waals surface area (Å²) in [6, 6.07) is 1.71. The third-order valence-electron chi connectivity index (χ3n) is 2.45. The number of benzene rings is 1. The van der Waals surface area contributed by atoms with Gasteiger partial charge in [-0.25, -0.2) is 9.18 Å². The molecule has 2 N–H and O–H groups in total. The monoisotopic (exact) mass is 240 g/mol. The first-order valence-electron chi connectivity index (χ1n) is 4.97. The Balaban J connectivity index is 2.46. The Hall–Kier alpha value is -2.18. The highest BCUT2D eigenvalue weighted by Gasteiger charge is 2.27. The van der Waals surface area contributed by atoms with Crippen LogP contribution in [0, 0.1) is 15.9 Å². The molecule has 1 aliphatic carbocycles. The molecule has 17 heavy (non-hydrogen) atoms. The molecule has 1 fully saturated rings. The Labute approximate surface area is 95.2 Å². The zero-order valence-electron chi connectivity index (χ0n) is 8.64. The first kappa shape index (κ1) is 11.3. The lowest BCUT2D eigenvalue weighted by atomic mass is 10.1. The van der Waals surface area contributed by atoms with E-state index >= 15 is 0 Å². The van der Waals surface area contributed by atoms with Crippen LogP contribution in [0.25, 0.3) is 0 Å². The molecular weight excluding hydrogens is 231 g/mol. The smallest absolute Gasteiger partial charge is 0.338 e. The van der Waals surface area contributed by atoms with Crippen molar-refractivity contribution in [2.45, 2.75) is 18.9 Å². The highest BCUT2D eigenvalue weighted by molar-refractivity contribution is 5.90. The molecule has 0 aliphatic heterocycles. The molecule has 0 atom stereocenters. The van der Waals surface area contributed by atoms with E-state index in [4.69, 9.17) is 5.11 Å². The van der Waals surface area contributed by atoms with E-state index < -0.39 is 28.0 Å². The van der Waals surface area contributed by atoms with Gasteiger partial charge in [-0.15, -0.1) is 0 Å². The van der Waals surface area contributed by atoms with E-state index in [9.17, 15) is 19.3 Å². The largest absolute Gasteiger partial charge is 0.478 e. The van der Waals surface area contributed by atoms with E-state index in [2.05, 4.69) is 5.32 Å². The lowest BCUT2D eigenvalue weighted by Gasteiger charge is -2.07. The van der Waals surface area contributed by atoms with Crippen LogP contribution in [0.4, 0.5) is 15.8 Å². The summed E-state index contributed by atoms with van der Waals surface area (Å²) in [7, 11) is 0. The molecule has 1 aromatic rings. The summed E-state index contributed by atoms with van der Waals surface area (Å²) in [5.74, 6) is -2.50. The quantitative estimate of drug-likeness (QED) is 0.620. The Morgan fingerprint density at radius 2 is 2.18 bits per heavy atom. The SMILES string of the molecule is O=C(O)c1cc([N+](=O)[O-])c(NC2CC2)cc1F. The van der Waals surface area contributed by atoms with Crippen LogP contribution in [-0.2, 0) is 0 Å². The lowest BCUT2D eigenvalue weighted by Crippen LogP contribution is -2.08. The molecule has 0 radical (unpaired) electrons. The highest BCUT2D eigenvalue weighted by Crippen LogP contribution is 2.32. The number of carboxylic acids is 1. The fourth-order valence-electron chi connectivity index (χ4n) is 1.44. The summed E-state index contributed by atoms with van der Waals surface area (Å²) < 4.78 is 13.4. The van der Waals surface area contributed by atoms with Gasteiger partial charge in [-0.3, -0.25) is 10.1 Å². The van der Waals surface area contributed by atoms with Crippen molar-refractivity contribution in [3.05, 3.63) is 33.6 Å². The minimum atomic E-state index is -1.52. The van der Waals surface area contributed by atoms with Crippen LogP contribution in [0.2, 0.25) is 0 Å². The van der Waals surface area contributed by atoms with Gasteiger partial charge in [-0.05, 0) is 12.8 Å². The maximum Gasteiger partial charge on any atom is 0.338 e. The molecule has 0 heterocycles. The van der Waals surface area contributed by atoms with Crippen LogP contribution in [0.15, 0.2) is 12.1 Å². The molecule has 1 aliphatic rings. The maximum absolute atomic E-state index is 13.4. The van der Waals surface area contributed by atoms with Crippen LogP contribution in [-0.4, -0.2) is 22.0 Å². The number of nitro benzene ring substituents is 1. The summed E-state index contributed by atoms with van der Waals surface area (Å²) in [4.78, 5) is 20.7. The van der Waals surface area contributed by atoms with Gasteiger partial charge < -0.3 is 10.4 Å². The number of carboxylic acid groups (broad SMARTS) is 1. The number of rotatable bonds is 4. The van der Waals surface area contributed by atoms with Crippen molar-refractivity contribution in [1.82, 2.24) is 0 Å². The predicted molar refractivity (Wildman–Crippen MR) is 56.7 cm³/mol. The molecule has 1 saturated carbocycles. The molecule has 0 amide bonds. The average Bonchev–Trinajstić information content (AvgIpc) is 3.00. The molecule has 0 unspecified atom stereocenters. The molecule has 90 valence electrons. The second-order valence-electron chi connectivity index (χ2n) is 3.83. The van der Waals surface area contributed by atoms with Gasteiger partial charge >= 0.3 is 5.97 Å². The van der Waals surface area contributed by atoms with Gasteiger partial charge in [0.1, 0.15) is 17.1 Å². The van der Waals surface area contributed by atoms with Gasteiger partial charge in [0.25, 0.3) is 5.69 Å². The van der Waals surface area contributed by atoms with Crippen molar-refractivity contribution in [2.24, 2.45) is 0 Å². The average molecular weight is 240 g/mol. The Morgan fingerprint density at radius 1 is 1.53 bits per heavy atom. The normalized spacial score (nSPS) is 14.4. The third-order valence-corrected chi connectivity index (χ3v) is 2.45. The second kappa shape index (κ2) is 4.00. The van der Waals surface area contributed by atoms with E-state index in [1.807, 2.05) is 0 Å². The number of nitro groups is 1.